The number of rotatable bonds is 3. The third-order valence-corrected chi connectivity index (χ3v) is 3.84. The molecule has 6 heteroatoms. The summed E-state index contributed by atoms with van der Waals surface area (Å²) < 4.78 is 21.0. The van der Waals surface area contributed by atoms with E-state index in [0.717, 1.165) is 23.4 Å². The smallest absolute Gasteiger partial charge is 0.402 e. The lowest BCUT2D eigenvalue weighted by molar-refractivity contribution is 0.243. The van der Waals surface area contributed by atoms with Crippen LogP contribution in [0.4, 0.5) is 0 Å². The molecule has 1 aromatic heterocycles. The number of hydrogen-bond acceptors (Lipinski definition) is 3. The van der Waals surface area contributed by atoms with Crippen molar-refractivity contribution in [3.63, 3.8) is 0 Å². The molecule has 3 aromatic rings. The van der Waals surface area contributed by atoms with Gasteiger partial charge in [0.1, 0.15) is 0 Å². The highest BCUT2D eigenvalue weighted by Crippen LogP contribution is 2.45. The first-order valence-corrected chi connectivity index (χ1v) is 7.18. The van der Waals surface area contributed by atoms with Crippen molar-refractivity contribution < 1.29 is 18.5 Å². The number of hydrogen-bond donors (Lipinski definition) is 2. The predicted octanol–water partition coefficient (Wildman–Crippen LogP) is 3.45. The molecule has 2 aromatic carbocycles. The molecule has 1 heterocycles. The van der Waals surface area contributed by atoms with Gasteiger partial charge in [0.2, 0.25) is 0 Å². The molecule has 1 atom stereocenters. The van der Waals surface area contributed by atoms with Crippen LogP contribution in [0.3, 0.4) is 0 Å². The van der Waals surface area contributed by atoms with Crippen LogP contribution < -0.4 is 4.52 Å². The van der Waals surface area contributed by atoms with Gasteiger partial charge in [-0.1, -0.05) is 30.3 Å². The number of phosphoric acid groups is 1. The van der Waals surface area contributed by atoms with E-state index in [1.165, 1.54) is 0 Å². The fourth-order valence-electron chi connectivity index (χ4n) is 2.08. The lowest BCUT2D eigenvalue weighted by atomic mass is 10.1. The maximum absolute atomic E-state index is 11.5. The second-order valence-electron chi connectivity index (χ2n) is 4.09. The first-order chi connectivity index (χ1) is 9.11. The third-order valence-electron chi connectivity index (χ3n) is 2.95. The number of phosphoric ester groups is 1. The van der Waals surface area contributed by atoms with Crippen LogP contribution in [0.1, 0.15) is 0 Å². The van der Waals surface area contributed by atoms with Crippen LogP contribution in [-0.2, 0) is 9.09 Å². The zero-order valence-electron chi connectivity index (χ0n) is 10.2. The maximum Gasteiger partial charge on any atom is 0.527 e. The number of nitrogens with one attached hydrogen (secondary N) is 1. The van der Waals surface area contributed by atoms with Crippen LogP contribution >= 0.6 is 7.82 Å². The number of H-pyrrole nitrogens is 1. The van der Waals surface area contributed by atoms with Gasteiger partial charge in [0.15, 0.2) is 5.75 Å². The Kier molecular flexibility index (Phi) is 2.82. The Bertz CT molecular complexity index is 796. The molecular weight excluding hydrogens is 265 g/mol. The van der Waals surface area contributed by atoms with Gasteiger partial charge in [-0.3, -0.25) is 9.42 Å². The van der Waals surface area contributed by atoms with Crippen molar-refractivity contribution in [2.75, 3.05) is 7.11 Å². The molecule has 1 unspecified atom stereocenters. The molecule has 2 N–H and O–H groups in total. The van der Waals surface area contributed by atoms with Crippen LogP contribution in [0.25, 0.3) is 21.8 Å². The van der Waals surface area contributed by atoms with Crippen LogP contribution in [0.2, 0.25) is 0 Å². The monoisotopic (exact) mass is 277 g/mol. The molecule has 0 spiro atoms. The number of benzene rings is 2. The van der Waals surface area contributed by atoms with Gasteiger partial charge in [0.25, 0.3) is 0 Å². The highest BCUT2D eigenvalue weighted by Gasteiger charge is 2.22. The second kappa shape index (κ2) is 4.38. The van der Waals surface area contributed by atoms with E-state index in [1.54, 1.807) is 12.1 Å². The van der Waals surface area contributed by atoms with Crippen LogP contribution in [0, 0.1) is 0 Å². The van der Waals surface area contributed by atoms with Gasteiger partial charge < -0.3 is 9.51 Å². The Morgan fingerprint density at radius 2 is 1.84 bits per heavy atom. The molecule has 19 heavy (non-hydrogen) atoms. The van der Waals surface area contributed by atoms with Crippen molar-refractivity contribution in [3.8, 4) is 5.75 Å². The minimum Gasteiger partial charge on any atom is -0.402 e. The summed E-state index contributed by atoms with van der Waals surface area (Å²) in [7, 11) is -2.93. The molecule has 0 fully saturated rings. The van der Waals surface area contributed by atoms with Crippen LogP contribution in [0.15, 0.2) is 42.5 Å². The van der Waals surface area contributed by atoms with E-state index in [9.17, 15) is 9.46 Å². The highest BCUT2D eigenvalue weighted by atomic mass is 31.2. The molecular formula is C13H12NO4P. The average Bonchev–Trinajstić information content (AvgIpc) is 2.78. The second-order valence-corrected chi connectivity index (χ2v) is 5.58. The minimum absolute atomic E-state index is 0.293. The summed E-state index contributed by atoms with van der Waals surface area (Å²) >= 11 is 0. The molecule has 0 bridgehead atoms. The topological polar surface area (TPSA) is 71.6 Å². The molecule has 5 nitrogen and oxygen atoms in total. The molecule has 0 aliphatic carbocycles. The van der Waals surface area contributed by atoms with Crippen molar-refractivity contribution in [1.82, 2.24) is 4.98 Å². The summed E-state index contributed by atoms with van der Waals surface area (Å²) in [5.74, 6) is 0.293. The number of aromatic nitrogens is 1. The van der Waals surface area contributed by atoms with E-state index in [4.69, 9.17) is 4.52 Å². The maximum atomic E-state index is 11.5. The van der Waals surface area contributed by atoms with Gasteiger partial charge in [-0.15, -0.1) is 0 Å². The fraction of sp³-hybridized carbons (Fsp3) is 0.0769. The summed E-state index contributed by atoms with van der Waals surface area (Å²) in [5, 5.41) is 1.97. The van der Waals surface area contributed by atoms with E-state index in [1.807, 2.05) is 30.3 Å². The summed E-state index contributed by atoms with van der Waals surface area (Å²) in [6.07, 6.45) is 0. The Hall–Kier alpha value is -1.81. The number of aromatic amines is 1. The van der Waals surface area contributed by atoms with Crippen molar-refractivity contribution in [1.29, 1.82) is 0 Å². The molecule has 3 rings (SSSR count). The quantitative estimate of drug-likeness (QED) is 0.719. The molecule has 0 saturated carbocycles. The summed E-state index contributed by atoms with van der Waals surface area (Å²) in [6.45, 7) is 0. The Morgan fingerprint density at radius 3 is 2.63 bits per heavy atom. The van der Waals surface area contributed by atoms with E-state index < -0.39 is 7.82 Å². The number of fused-ring (bicyclic) bond motifs is 3. The highest BCUT2D eigenvalue weighted by molar-refractivity contribution is 7.47. The third kappa shape index (κ3) is 2.12. The average molecular weight is 277 g/mol. The summed E-state index contributed by atoms with van der Waals surface area (Å²) in [5.41, 5.74) is 1.62. The van der Waals surface area contributed by atoms with Gasteiger partial charge in [-0.05, 0) is 12.1 Å². The standard InChI is InChI=1S/C13H12NO4P/c1-17-19(15,16)18-12-8-4-6-10-9-5-2-3-7-11(9)14-13(10)12/h2-8,14H,1H3,(H,15,16). The van der Waals surface area contributed by atoms with Gasteiger partial charge in [0, 0.05) is 23.4 Å². The molecule has 0 saturated heterocycles. The minimum atomic E-state index is -4.06. The van der Waals surface area contributed by atoms with Crippen molar-refractivity contribution >= 4 is 29.6 Å². The van der Waals surface area contributed by atoms with Gasteiger partial charge >= 0.3 is 7.82 Å². The normalized spacial score (nSPS) is 14.6. The van der Waals surface area contributed by atoms with Crippen molar-refractivity contribution in [2.45, 2.75) is 0 Å². The lowest BCUT2D eigenvalue weighted by Crippen LogP contribution is -1.94. The molecule has 0 amide bonds. The van der Waals surface area contributed by atoms with Crippen LogP contribution in [-0.4, -0.2) is 17.0 Å². The lowest BCUT2D eigenvalue weighted by Gasteiger charge is -2.10. The van der Waals surface area contributed by atoms with Crippen LogP contribution in [0.5, 0.6) is 5.75 Å². The van der Waals surface area contributed by atoms with Gasteiger partial charge in [-0.25, -0.2) is 4.57 Å². The first-order valence-electron chi connectivity index (χ1n) is 5.68. The van der Waals surface area contributed by atoms with E-state index in [0.29, 0.717) is 11.3 Å². The van der Waals surface area contributed by atoms with E-state index in [-0.39, 0.29) is 0 Å². The summed E-state index contributed by atoms with van der Waals surface area (Å²) in [4.78, 5) is 12.6. The van der Waals surface area contributed by atoms with Crippen molar-refractivity contribution in [2.24, 2.45) is 0 Å². The van der Waals surface area contributed by atoms with E-state index in [2.05, 4.69) is 9.51 Å². The zero-order valence-corrected chi connectivity index (χ0v) is 11.1. The summed E-state index contributed by atoms with van der Waals surface area (Å²) in [6, 6.07) is 13.1. The largest absolute Gasteiger partial charge is 0.527 e. The van der Waals surface area contributed by atoms with Crippen molar-refractivity contribution in [3.05, 3.63) is 42.5 Å². The Labute approximate surface area is 109 Å². The molecule has 0 aliphatic rings. The molecule has 0 radical (unpaired) electrons. The zero-order chi connectivity index (χ0) is 13.5. The molecule has 0 aliphatic heterocycles. The fourth-order valence-corrected chi connectivity index (χ4v) is 2.56. The number of para-hydroxylation sites is 2. The SMILES string of the molecule is COP(=O)(O)Oc1cccc2c1[nH]c1ccccc12. The van der Waals surface area contributed by atoms with E-state index >= 15 is 0 Å². The first kappa shape index (κ1) is 12.2. The van der Waals surface area contributed by atoms with Gasteiger partial charge in [-0.2, -0.15) is 0 Å². The Morgan fingerprint density at radius 1 is 1.11 bits per heavy atom. The molecule has 98 valence electrons. The Balaban J connectivity index is 2.23. The van der Waals surface area contributed by atoms with Gasteiger partial charge in [0.05, 0.1) is 5.52 Å². The predicted molar refractivity (Wildman–Crippen MR) is 73.3 cm³/mol.